The molecule has 88 valence electrons. The third-order valence-electron chi connectivity index (χ3n) is 2.44. The van der Waals surface area contributed by atoms with Crippen molar-refractivity contribution in [3.63, 3.8) is 0 Å². The van der Waals surface area contributed by atoms with Crippen LogP contribution in [-0.4, -0.2) is 9.55 Å². The van der Waals surface area contributed by atoms with Crippen LogP contribution in [0.3, 0.4) is 0 Å². The molecule has 17 heavy (non-hydrogen) atoms. The zero-order valence-electron chi connectivity index (χ0n) is 9.65. The Morgan fingerprint density at radius 2 is 1.76 bits per heavy atom. The van der Waals surface area contributed by atoms with Gasteiger partial charge in [0.25, 0.3) is 5.56 Å². The SMILES string of the molecule is Cc1cc(C)cc(-n2c(N)cc(=O)[nH]c2=S)c1. The molecular formula is C12H13N3OS. The van der Waals surface area contributed by atoms with E-state index in [-0.39, 0.29) is 5.56 Å². The van der Waals surface area contributed by atoms with Gasteiger partial charge in [0, 0.05) is 6.07 Å². The van der Waals surface area contributed by atoms with E-state index in [1.807, 2.05) is 26.0 Å². The molecule has 2 rings (SSSR count). The van der Waals surface area contributed by atoms with Gasteiger partial charge in [-0.3, -0.25) is 14.3 Å². The number of nitrogens with two attached hydrogens (primary N) is 1. The van der Waals surface area contributed by atoms with Crippen LogP contribution in [0.5, 0.6) is 0 Å². The van der Waals surface area contributed by atoms with E-state index in [2.05, 4.69) is 11.1 Å². The molecule has 0 unspecified atom stereocenters. The van der Waals surface area contributed by atoms with Crippen LogP contribution in [0.1, 0.15) is 11.1 Å². The summed E-state index contributed by atoms with van der Waals surface area (Å²) < 4.78 is 1.96. The number of nitrogen functional groups attached to an aromatic ring is 1. The van der Waals surface area contributed by atoms with Crippen LogP contribution in [0.4, 0.5) is 5.82 Å². The van der Waals surface area contributed by atoms with E-state index in [4.69, 9.17) is 18.0 Å². The van der Waals surface area contributed by atoms with Crippen LogP contribution in [0.25, 0.3) is 5.69 Å². The lowest BCUT2D eigenvalue weighted by molar-refractivity contribution is 0.947. The van der Waals surface area contributed by atoms with Crippen LogP contribution in [0, 0.1) is 18.6 Å². The first-order valence-electron chi connectivity index (χ1n) is 5.18. The van der Waals surface area contributed by atoms with Crippen molar-refractivity contribution in [2.24, 2.45) is 0 Å². The monoisotopic (exact) mass is 247 g/mol. The Kier molecular flexibility index (Phi) is 2.85. The molecule has 1 aromatic heterocycles. The number of H-pyrrole nitrogens is 1. The van der Waals surface area contributed by atoms with Crippen LogP contribution in [0.2, 0.25) is 0 Å². The van der Waals surface area contributed by atoms with E-state index in [0.29, 0.717) is 10.6 Å². The number of nitrogens with one attached hydrogen (secondary N) is 1. The lowest BCUT2D eigenvalue weighted by Gasteiger charge is -2.11. The number of rotatable bonds is 1. The molecule has 0 spiro atoms. The first-order chi connectivity index (χ1) is 7.97. The lowest BCUT2D eigenvalue weighted by Crippen LogP contribution is -2.15. The molecule has 0 atom stereocenters. The summed E-state index contributed by atoms with van der Waals surface area (Å²) >= 11 is 5.12. The largest absolute Gasteiger partial charge is 0.385 e. The average Bonchev–Trinajstić information content (AvgIpc) is 2.13. The van der Waals surface area contributed by atoms with Crippen molar-refractivity contribution in [2.45, 2.75) is 13.8 Å². The van der Waals surface area contributed by atoms with E-state index in [0.717, 1.165) is 16.8 Å². The number of nitrogens with zero attached hydrogens (tertiary/aromatic N) is 1. The average molecular weight is 247 g/mol. The predicted octanol–water partition coefficient (Wildman–Crippen LogP) is 2.09. The molecule has 0 aliphatic rings. The highest BCUT2D eigenvalue weighted by molar-refractivity contribution is 7.71. The standard InChI is InChI=1S/C12H13N3OS/c1-7-3-8(2)5-9(4-7)15-10(13)6-11(16)14-12(15)17/h3-6H,13H2,1-2H3,(H,14,16,17). The normalized spacial score (nSPS) is 10.5. The number of aromatic nitrogens is 2. The van der Waals surface area contributed by atoms with Gasteiger partial charge in [-0.15, -0.1) is 0 Å². The fourth-order valence-electron chi connectivity index (χ4n) is 1.86. The van der Waals surface area contributed by atoms with Crippen molar-refractivity contribution in [3.8, 4) is 5.69 Å². The van der Waals surface area contributed by atoms with Crippen LogP contribution < -0.4 is 11.3 Å². The molecule has 5 heteroatoms. The summed E-state index contributed by atoms with van der Waals surface area (Å²) in [7, 11) is 0. The molecule has 1 aromatic carbocycles. The number of hydrogen-bond donors (Lipinski definition) is 2. The number of aromatic amines is 1. The zero-order chi connectivity index (χ0) is 12.6. The Hall–Kier alpha value is -1.88. The van der Waals surface area contributed by atoms with Gasteiger partial charge in [0.15, 0.2) is 4.77 Å². The molecule has 0 fully saturated rings. The van der Waals surface area contributed by atoms with E-state index in [9.17, 15) is 4.79 Å². The van der Waals surface area contributed by atoms with Gasteiger partial charge in [-0.05, 0) is 49.3 Å². The lowest BCUT2D eigenvalue weighted by atomic mass is 10.1. The number of hydrogen-bond acceptors (Lipinski definition) is 3. The maximum Gasteiger partial charge on any atom is 0.253 e. The number of benzene rings is 1. The quantitative estimate of drug-likeness (QED) is 0.758. The molecule has 0 saturated carbocycles. The van der Waals surface area contributed by atoms with Crippen molar-refractivity contribution in [1.29, 1.82) is 0 Å². The maximum atomic E-state index is 11.2. The van der Waals surface area contributed by atoms with Crippen molar-refractivity contribution in [1.82, 2.24) is 9.55 Å². The maximum absolute atomic E-state index is 11.2. The fraction of sp³-hybridized carbons (Fsp3) is 0.167. The smallest absolute Gasteiger partial charge is 0.253 e. The van der Waals surface area contributed by atoms with Gasteiger partial charge >= 0.3 is 0 Å². The minimum absolute atomic E-state index is 0.284. The minimum Gasteiger partial charge on any atom is -0.385 e. The Labute approximate surface area is 104 Å². The first-order valence-corrected chi connectivity index (χ1v) is 5.59. The molecule has 2 aromatic rings. The summed E-state index contributed by atoms with van der Waals surface area (Å²) in [6.45, 7) is 4.00. The molecule has 4 nitrogen and oxygen atoms in total. The highest BCUT2D eigenvalue weighted by Gasteiger charge is 2.04. The summed E-state index contributed by atoms with van der Waals surface area (Å²) in [5.41, 5.74) is 8.64. The van der Waals surface area contributed by atoms with Crippen LogP contribution in [0.15, 0.2) is 29.1 Å². The second-order valence-corrected chi connectivity index (χ2v) is 4.43. The van der Waals surface area contributed by atoms with Gasteiger partial charge in [-0.1, -0.05) is 6.07 Å². The molecule has 0 aliphatic carbocycles. The Balaban J connectivity index is 2.77. The summed E-state index contributed by atoms with van der Waals surface area (Å²) in [6, 6.07) is 7.33. The van der Waals surface area contributed by atoms with Crippen molar-refractivity contribution in [3.05, 3.63) is 50.5 Å². The van der Waals surface area contributed by atoms with Gasteiger partial charge in [-0.25, -0.2) is 0 Å². The van der Waals surface area contributed by atoms with Crippen molar-refractivity contribution in [2.75, 3.05) is 5.73 Å². The van der Waals surface area contributed by atoms with Gasteiger partial charge in [0.1, 0.15) is 5.82 Å². The molecule has 0 bridgehead atoms. The van der Waals surface area contributed by atoms with E-state index in [1.165, 1.54) is 6.07 Å². The third-order valence-corrected chi connectivity index (χ3v) is 2.72. The topological polar surface area (TPSA) is 63.8 Å². The molecular weight excluding hydrogens is 234 g/mol. The highest BCUT2D eigenvalue weighted by Crippen LogP contribution is 2.16. The van der Waals surface area contributed by atoms with E-state index >= 15 is 0 Å². The van der Waals surface area contributed by atoms with Crippen LogP contribution in [-0.2, 0) is 0 Å². The van der Waals surface area contributed by atoms with Crippen molar-refractivity contribution >= 4 is 18.0 Å². The molecule has 3 N–H and O–H groups in total. The molecule has 0 radical (unpaired) electrons. The molecule has 0 aliphatic heterocycles. The Morgan fingerprint density at radius 3 is 2.29 bits per heavy atom. The van der Waals surface area contributed by atoms with E-state index in [1.54, 1.807) is 4.57 Å². The van der Waals surface area contributed by atoms with Gasteiger partial charge in [0.05, 0.1) is 5.69 Å². The fourth-order valence-corrected chi connectivity index (χ4v) is 2.17. The van der Waals surface area contributed by atoms with Gasteiger partial charge in [-0.2, -0.15) is 0 Å². The summed E-state index contributed by atoms with van der Waals surface area (Å²) in [5, 5.41) is 0. The zero-order valence-corrected chi connectivity index (χ0v) is 10.5. The Morgan fingerprint density at radius 1 is 1.18 bits per heavy atom. The minimum atomic E-state index is -0.284. The number of anilines is 1. The van der Waals surface area contributed by atoms with Crippen molar-refractivity contribution < 1.29 is 0 Å². The molecule has 0 saturated heterocycles. The Bertz CT molecular complexity index is 665. The second kappa shape index (κ2) is 4.18. The molecule has 1 heterocycles. The highest BCUT2D eigenvalue weighted by atomic mass is 32.1. The molecule has 0 amide bonds. The summed E-state index contributed by atoms with van der Waals surface area (Å²) in [5.74, 6) is 0.337. The van der Waals surface area contributed by atoms with E-state index < -0.39 is 0 Å². The van der Waals surface area contributed by atoms with Crippen LogP contribution >= 0.6 is 12.2 Å². The summed E-state index contributed by atoms with van der Waals surface area (Å²) in [4.78, 5) is 13.8. The number of aryl methyl sites for hydroxylation is 2. The second-order valence-electron chi connectivity index (χ2n) is 4.04. The summed E-state index contributed by atoms with van der Waals surface area (Å²) in [6.07, 6.45) is 0. The predicted molar refractivity (Wildman–Crippen MR) is 71.1 cm³/mol. The van der Waals surface area contributed by atoms with Gasteiger partial charge < -0.3 is 5.73 Å². The first kappa shape index (κ1) is 11.6. The van der Waals surface area contributed by atoms with Gasteiger partial charge in [0.2, 0.25) is 0 Å². The third kappa shape index (κ3) is 2.29.